The lowest BCUT2D eigenvalue weighted by Crippen LogP contribution is -2.46. The number of hydrogen-bond acceptors (Lipinski definition) is 4. The van der Waals surface area contributed by atoms with Crippen molar-refractivity contribution in [2.75, 3.05) is 12.8 Å². The number of aliphatic hydroxyl groups excluding tert-OH is 1. The van der Waals surface area contributed by atoms with E-state index in [2.05, 4.69) is 12.2 Å². The summed E-state index contributed by atoms with van der Waals surface area (Å²) in [6, 6.07) is 6.57. The fourth-order valence-electron chi connectivity index (χ4n) is 4.43. The number of hydrogen-bond donors (Lipinski definition) is 4. The minimum absolute atomic E-state index is 0.194. The number of rotatable bonds is 23. The molecule has 1 unspecified atom stereocenters. The number of carbonyl (C=O) groups excluding carboxylic acids is 1. The van der Waals surface area contributed by atoms with Crippen molar-refractivity contribution in [1.82, 2.24) is 5.32 Å². The molecular formula is C29H52NO6P. The maximum Gasteiger partial charge on any atom is 0.328 e. The van der Waals surface area contributed by atoms with Crippen LogP contribution in [0.5, 0.6) is 5.75 Å². The van der Waals surface area contributed by atoms with Crippen molar-refractivity contribution in [3.05, 3.63) is 29.8 Å². The highest BCUT2D eigenvalue weighted by atomic mass is 31.2. The van der Waals surface area contributed by atoms with Gasteiger partial charge in [-0.3, -0.25) is 9.36 Å². The van der Waals surface area contributed by atoms with E-state index in [0.717, 1.165) is 37.0 Å². The van der Waals surface area contributed by atoms with E-state index in [9.17, 15) is 24.3 Å². The Hall–Kier alpha value is -1.40. The van der Waals surface area contributed by atoms with Crippen molar-refractivity contribution >= 4 is 13.5 Å². The monoisotopic (exact) mass is 541 g/mol. The fourth-order valence-corrected chi connectivity index (χ4v) is 5.17. The summed E-state index contributed by atoms with van der Waals surface area (Å²) in [6.45, 7) is 4.90. The molecule has 0 fully saturated rings. The summed E-state index contributed by atoms with van der Waals surface area (Å²) in [7, 11) is -4.42. The Kier molecular flexibility index (Phi) is 18.7. The molecule has 1 amide bonds. The fraction of sp³-hybridized carbons (Fsp3) is 0.759. The third-order valence-electron chi connectivity index (χ3n) is 6.59. The SMILES string of the molecule is CCCCCCCCCCCCCCCC(=O)N[C@H](Cc1ccc(OCCC)cc1)C(O)CP(=O)(O)O. The average molecular weight is 542 g/mol. The molecule has 0 aliphatic rings. The molecule has 0 spiro atoms. The molecule has 37 heavy (non-hydrogen) atoms. The molecule has 0 radical (unpaired) electrons. The zero-order valence-electron chi connectivity index (χ0n) is 23.2. The molecule has 1 aromatic rings. The number of carbonyl (C=O) groups is 1. The molecule has 2 atom stereocenters. The van der Waals surface area contributed by atoms with Gasteiger partial charge >= 0.3 is 7.60 Å². The van der Waals surface area contributed by atoms with Gasteiger partial charge in [-0.1, -0.05) is 103 Å². The highest BCUT2D eigenvalue weighted by molar-refractivity contribution is 7.51. The molecular weight excluding hydrogens is 489 g/mol. The molecule has 0 bridgehead atoms. The van der Waals surface area contributed by atoms with Gasteiger partial charge in [0, 0.05) is 6.42 Å². The minimum Gasteiger partial charge on any atom is -0.494 e. The van der Waals surface area contributed by atoms with Crippen molar-refractivity contribution in [2.45, 2.75) is 129 Å². The predicted molar refractivity (Wildman–Crippen MR) is 151 cm³/mol. The molecule has 214 valence electrons. The van der Waals surface area contributed by atoms with Crippen molar-refractivity contribution in [3.63, 3.8) is 0 Å². The summed E-state index contributed by atoms with van der Waals surface area (Å²) < 4.78 is 17.0. The van der Waals surface area contributed by atoms with E-state index >= 15 is 0 Å². The van der Waals surface area contributed by atoms with E-state index in [4.69, 9.17) is 4.74 Å². The van der Waals surface area contributed by atoms with Gasteiger partial charge in [0.2, 0.25) is 5.91 Å². The molecule has 1 aromatic carbocycles. The summed E-state index contributed by atoms with van der Waals surface area (Å²) in [5.41, 5.74) is 0.847. The second kappa shape index (κ2) is 20.5. The van der Waals surface area contributed by atoms with Gasteiger partial charge in [-0.15, -0.1) is 0 Å². The van der Waals surface area contributed by atoms with Crippen LogP contribution in [0.3, 0.4) is 0 Å². The number of amides is 1. The average Bonchev–Trinajstić information content (AvgIpc) is 2.85. The largest absolute Gasteiger partial charge is 0.494 e. The molecule has 4 N–H and O–H groups in total. The molecule has 8 heteroatoms. The Morgan fingerprint density at radius 3 is 1.84 bits per heavy atom. The van der Waals surface area contributed by atoms with Crippen molar-refractivity contribution in [1.29, 1.82) is 0 Å². The van der Waals surface area contributed by atoms with E-state index in [0.29, 0.717) is 13.0 Å². The number of benzene rings is 1. The lowest BCUT2D eigenvalue weighted by Gasteiger charge is -2.25. The van der Waals surface area contributed by atoms with Gasteiger partial charge in [0.15, 0.2) is 0 Å². The van der Waals surface area contributed by atoms with E-state index < -0.39 is 25.9 Å². The topological polar surface area (TPSA) is 116 Å². The predicted octanol–water partition coefficient (Wildman–Crippen LogP) is 6.52. The standard InChI is InChI=1S/C29H52NO6P/c1-3-5-6-7-8-9-10-11-12-13-14-15-16-17-29(32)30-27(28(31)24-37(33,34)35)23-25-18-20-26(21-19-25)36-22-4-2/h18-21,27-28,31H,3-17,22-24H2,1-2H3,(H,30,32)(H2,33,34,35)/t27-,28?/m1/s1. The maximum atomic E-state index is 12.6. The second-order valence-corrected chi connectivity index (χ2v) is 12.0. The van der Waals surface area contributed by atoms with Crippen LogP contribution in [0.4, 0.5) is 0 Å². The Morgan fingerprint density at radius 2 is 1.35 bits per heavy atom. The van der Waals surface area contributed by atoms with Gasteiger partial charge in [-0.25, -0.2) is 0 Å². The van der Waals surface area contributed by atoms with Crippen LogP contribution in [0.1, 0.15) is 116 Å². The minimum atomic E-state index is -4.42. The molecule has 0 heterocycles. The normalized spacial score (nSPS) is 13.3. The Morgan fingerprint density at radius 1 is 0.838 bits per heavy atom. The third kappa shape index (κ3) is 18.5. The van der Waals surface area contributed by atoms with E-state index in [1.165, 1.54) is 64.2 Å². The van der Waals surface area contributed by atoms with E-state index in [1.54, 1.807) is 0 Å². The van der Waals surface area contributed by atoms with Crippen molar-refractivity contribution in [3.8, 4) is 5.75 Å². The second-order valence-electron chi connectivity index (χ2n) is 10.3. The van der Waals surface area contributed by atoms with Crippen molar-refractivity contribution < 1.29 is 29.0 Å². The lowest BCUT2D eigenvalue weighted by atomic mass is 10.0. The van der Waals surface area contributed by atoms with Gasteiger partial charge in [-0.05, 0) is 37.0 Å². The lowest BCUT2D eigenvalue weighted by molar-refractivity contribution is -0.122. The third-order valence-corrected chi connectivity index (χ3v) is 7.44. The van der Waals surface area contributed by atoms with Gasteiger partial charge in [0.1, 0.15) is 5.75 Å². The first-order valence-corrected chi connectivity index (χ1v) is 16.3. The summed E-state index contributed by atoms with van der Waals surface area (Å²) >= 11 is 0. The molecule has 0 saturated carbocycles. The van der Waals surface area contributed by atoms with Crippen LogP contribution in [0.15, 0.2) is 24.3 Å². The van der Waals surface area contributed by atoms with Crippen LogP contribution in [0, 0.1) is 0 Å². The van der Waals surface area contributed by atoms with Crippen LogP contribution in [0.25, 0.3) is 0 Å². The molecule has 7 nitrogen and oxygen atoms in total. The van der Waals surface area contributed by atoms with Gasteiger partial charge in [-0.2, -0.15) is 0 Å². The van der Waals surface area contributed by atoms with Crippen LogP contribution in [-0.2, 0) is 15.8 Å². The van der Waals surface area contributed by atoms with Gasteiger partial charge in [0.25, 0.3) is 0 Å². The molecule has 0 aliphatic heterocycles. The maximum absolute atomic E-state index is 12.6. The van der Waals surface area contributed by atoms with Crippen LogP contribution in [-0.4, -0.2) is 45.7 Å². The highest BCUT2D eigenvalue weighted by Crippen LogP contribution is 2.35. The van der Waals surface area contributed by atoms with Crippen molar-refractivity contribution in [2.24, 2.45) is 0 Å². The Balaban J connectivity index is 2.35. The summed E-state index contributed by atoms with van der Waals surface area (Å²) in [5.74, 6) is 0.546. The van der Waals surface area contributed by atoms with Crippen LogP contribution in [0.2, 0.25) is 0 Å². The quantitative estimate of drug-likeness (QED) is 0.0926. The summed E-state index contributed by atoms with van der Waals surface area (Å²) in [4.78, 5) is 31.2. The summed E-state index contributed by atoms with van der Waals surface area (Å²) in [6.07, 6.45) is 15.5. The number of aliphatic hydroxyl groups is 1. The number of ether oxygens (including phenoxy) is 1. The first-order chi connectivity index (χ1) is 17.7. The van der Waals surface area contributed by atoms with E-state index in [1.807, 2.05) is 31.2 Å². The van der Waals surface area contributed by atoms with Gasteiger partial charge < -0.3 is 24.9 Å². The first-order valence-electron chi connectivity index (χ1n) is 14.5. The first kappa shape index (κ1) is 33.6. The van der Waals surface area contributed by atoms with Crippen LogP contribution >= 0.6 is 7.60 Å². The Bertz CT molecular complexity index is 751. The summed E-state index contributed by atoms with van der Waals surface area (Å²) in [5, 5.41) is 13.3. The Labute approximate surface area is 224 Å². The molecule has 1 rings (SSSR count). The molecule has 0 aromatic heterocycles. The van der Waals surface area contributed by atoms with Crippen LogP contribution < -0.4 is 10.1 Å². The number of unbranched alkanes of at least 4 members (excludes halogenated alkanes) is 12. The zero-order valence-corrected chi connectivity index (χ0v) is 24.1. The molecule has 0 aliphatic carbocycles. The smallest absolute Gasteiger partial charge is 0.328 e. The van der Waals surface area contributed by atoms with E-state index in [-0.39, 0.29) is 12.3 Å². The molecule has 0 saturated heterocycles. The zero-order chi connectivity index (χ0) is 27.4. The highest BCUT2D eigenvalue weighted by Gasteiger charge is 2.28. The number of nitrogens with one attached hydrogen (secondary N) is 1. The van der Waals surface area contributed by atoms with Gasteiger partial charge in [0.05, 0.1) is 24.9 Å².